The standard InChI is InChI=1S/C30H32F2N6O7/c1-4-43-29(41)21-15-38-25-20(27(21)40)12-23(32)26(28(25)44-16-34(38)3)36-9-7-35(8-10-36)24-6-5-18(11-22(24)31)37-14-19(45-30(37)42)13-33-17(2)39/h5-6,11-12,15,19H,4,7-10,13-14,16H2,1-3H3,(H,33,39). The minimum Gasteiger partial charge on any atom is -0.467 e. The maximum absolute atomic E-state index is 15.8. The van der Waals surface area contributed by atoms with E-state index in [1.807, 2.05) is 4.90 Å². The highest BCUT2D eigenvalue weighted by Gasteiger charge is 2.34. The number of anilines is 3. The Morgan fingerprint density at radius 3 is 2.49 bits per heavy atom. The summed E-state index contributed by atoms with van der Waals surface area (Å²) in [6.45, 7) is 4.82. The smallest absolute Gasteiger partial charge is 0.414 e. The van der Waals surface area contributed by atoms with Gasteiger partial charge in [-0.05, 0) is 31.2 Å². The molecule has 3 aliphatic heterocycles. The van der Waals surface area contributed by atoms with E-state index in [2.05, 4.69) is 5.32 Å². The number of halogens is 2. The molecule has 2 amide bonds. The third-order valence-electron chi connectivity index (χ3n) is 8.04. The van der Waals surface area contributed by atoms with Crippen molar-refractivity contribution >= 4 is 45.9 Å². The van der Waals surface area contributed by atoms with Crippen LogP contribution in [-0.2, 0) is 14.3 Å². The molecule has 0 spiro atoms. The molecule has 1 atom stereocenters. The lowest BCUT2D eigenvalue weighted by Crippen LogP contribution is -2.48. The van der Waals surface area contributed by atoms with Gasteiger partial charge in [0.1, 0.15) is 28.7 Å². The Morgan fingerprint density at radius 1 is 1.07 bits per heavy atom. The quantitative estimate of drug-likeness (QED) is 0.390. The molecule has 0 aliphatic carbocycles. The lowest BCUT2D eigenvalue weighted by Gasteiger charge is -2.39. The Bertz CT molecular complexity index is 1760. The van der Waals surface area contributed by atoms with E-state index < -0.39 is 35.2 Å². The average Bonchev–Trinajstić information content (AvgIpc) is 3.39. The van der Waals surface area contributed by atoms with E-state index in [9.17, 15) is 19.2 Å². The second kappa shape index (κ2) is 11.8. The number of carbonyl (C=O) groups excluding carboxylic acids is 3. The molecule has 2 saturated heterocycles. The largest absolute Gasteiger partial charge is 0.467 e. The van der Waals surface area contributed by atoms with Crippen LogP contribution in [0.25, 0.3) is 10.9 Å². The molecule has 238 valence electrons. The lowest BCUT2D eigenvalue weighted by molar-refractivity contribution is -0.119. The summed E-state index contributed by atoms with van der Waals surface area (Å²) in [6, 6.07) is 5.61. The van der Waals surface area contributed by atoms with Gasteiger partial charge in [-0.25, -0.2) is 18.4 Å². The first-order valence-corrected chi connectivity index (χ1v) is 14.5. The van der Waals surface area contributed by atoms with E-state index in [1.165, 1.54) is 24.1 Å². The molecule has 0 bridgehead atoms. The summed E-state index contributed by atoms with van der Waals surface area (Å²) in [7, 11) is 1.71. The minimum atomic E-state index is -0.790. The van der Waals surface area contributed by atoms with E-state index in [4.69, 9.17) is 14.2 Å². The van der Waals surface area contributed by atoms with Gasteiger partial charge >= 0.3 is 12.1 Å². The Labute approximate surface area is 256 Å². The molecule has 0 saturated carbocycles. The van der Waals surface area contributed by atoms with Crippen molar-refractivity contribution in [1.82, 2.24) is 9.99 Å². The van der Waals surface area contributed by atoms with Gasteiger partial charge in [0.2, 0.25) is 11.3 Å². The van der Waals surface area contributed by atoms with Gasteiger partial charge in [0.25, 0.3) is 0 Å². The number of amides is 2. The van der Waals surface area contributed by atoms with Crippen molar-refractivity contribution in [3.63, 3.8) is 0 Å². The molecular formula is C30H32F2N6O7. The Balaban J connectivity index is 1.22. The zero-order chi connectivity index (χ0) is 32.0. The van der Waals surface area contributed by atoms with Crippen LogP contribution in [0, 0.1) is 11.6 Å². The number of nitrogens with zero attached hydrogens (tertiary/aromatic N) is 5. The number of piperazine rings is 1. The normalized spacial score (nSPS) is 17.8. The number of hydrogen-bond donors (Lipinski definition) is 1. The zero-order valence-electron chi connectivity index (χ0n) is 25.0. The van der Waals surface area contributed by atoms with E-state index in [0.29, 0.717) is 43.1 Å². The predicted molar refractivity (Wildman–Crippen MR) is 161 cm³/mol. The first-order chi connectivity index (χ1) is 21.6. The van der Waals surface area contributed by atoms with E-state index in [1.54, 1.807) is 40.7 Å². The number of pyridine rings is 1. The monoisotopic (exact) mass is 626 g/mol. The summed E-state index contributed by atoms with van der Waals surface area (Å²) in [5.74, 6) is -2.05. The van der Waals surface area contributed by atoms with Crippen molar-refractivity contribution in [2.24, 2.45) is 0 Å². The molecule has 4 heterocycles. The summed E-state index contributed by atoms with van der Waals surface area (Å²) >= 11 is 0. The molecule has 15 heteroatoms. The third-order valence-corrected chi connectivity index (χ3v) is 8.04. The molecule has 2 aromatic carbocycles. The van der Waals surface area contributed by atoms with E-state index >= 15 is 8.78 Å². The molecule has 6 rings (SSSR count). The molecule has 13 nitrogen and oxygen atoms in total. The zero-order valence-corrected chi connectivity index (χ0v) is 25.0. The first-order valence-electron chi connectivity index (χ1n) is 14.5. The molecule has 1 unspecified atom stereocenters. The summed E-state index contributed by atoms with van der Waals surface area (Å²) in [5, 5.41) is 4.25. The Morgan fingerprint density at radius 2 is 1.80 bits per heavy atom. The minimum absolute atomic E-state index is 0.00697. The Hall–Kier alpha value is -5.08. The van der Waals surface area contributed by atoms with Gasteiger partial charge in [0.05, 0.1) is 36.5 Å². The highest BCUT2D eigenvalue weighted by molar-refractivity contribution is 5.98. The van der Waals surface area contributed by atoms with Gasteiger partial charge in [-0.3, -0.25) is 24.2 Å². The van der Waals surface area contributed by atoms with Crippen LogP contribution >= 0.6 is 0 Å². The van der Waals surface area contributed by atoms with Gasteiger partial charge in [-0.2, -0.15) is 0 Å². The maximum Gasteiger partial charge on any atom is 0.414 e. The van der Waals surface area contributed by atoms with Crippen LogP contribution in [0.4, 0.5) is 30.6 Å². The van der Waals surface area contributed by atoms with Gasteiger partial charge < -0.3 is 29.3 Å². The van der Waals surface area contributed by atoms with Crippen LogP contribution in [0.1, 0.15) is 24.2 Å². The summed E-state index contributed by atoms with van der Waals surface area (Å²) < 4.78 is 49.0. The highest BCUT2D eigenvalue weighted by Crippen LogP contribution is 2.41. The SMILES string of the molecule is CCOC(=O)c1cn2c3c(c(N4CCN(c5ccc(N6CC(CNC(C)=O)OC6=O)cc5F)CC4)c(F)cc3c1=O)OCN2C. The number of rotatable bonds is 7. The van der Waals surface area contributed by atoms with Gasteiger partial charge in [-0.1, -0.05) is 0 Å². The van der Waals surface area contributed by atoms with Crippen LogP contribution in [0.2, 0.25) is 0 Å². The number of carbonyl (C=O) groups is 3. The fourth-order valence-electron chi connectivity index (χ4n) is 5.86. The Kier molecular flexibility index (Phi) is 7.85. The van der Waals surface area contributed by atoms with Crippen LogP contribution in [0.15, 0.2) is 35.3 Å². The molecule has 3 aliphatic rings. The van der Waals surface area contributed by atoms with Crippen LogP contribution in [0.3, 0.4) is 0 Å². The summed E-state index contributed by atoms with van der Waals surface area (Å²) in [4.78, 5) is 54.2. The van der Waals surface area contributed by atoms with Crippen molar-refractivity contribution in [3.8, 4) is 5.75 Å². The van der Waals surface area contributed by atoms with E-state index in [0.717, 1.165) is 6.07 Å². The molecule has 0 radical (unpaired) electrons. The van der Waals surface area contributed by atoms with Gasteiger partial charge in [-0.15, -0.1) is 0 Å². The second-order valence-electron chi connectivity index (χ2n) is 11.0. The lowest BCUT2D eigenvalue weighted by atomic mass is 10.1. The summed E-state index contributed by atoms with van der Waals surface area (Å²) in [5.41, 5.74) is 0.330. The van der Waals surface area contributed by atoms with Crippen molar-refractivity contribution in [2.75, 3.05) is 79.4 Å². The predicted octanol–water partition coefficient (Wildman–Crippen LogP) is 2.16. The number of aromatic nitrogens is 1. The maximum atomic E-state index is 15.8. The van der Waals surface area contributed by atoms with Crippen LogP contribution in [0.5, 0.6) is 5.75 Å². The molecule has 45 heavy (non-hydrogen) atoms. The van der Waals surface area contributed by atoms with Crippen LogP contribution < -0.4 is 35.2 Å². The molecule has 3 aromatic rings. The highest BCUT2D eigenvalue weighted by atomic mass is 19.1. The number of hydrogen-bond acceptors (Lipinski definition) is 10. The topological polar surface area (TPSA) is 126 Å². The van der Waals surface area contributed by atoms with E-state index in [-0.39, 0.29) is 54.7 Å². The molecule has 1 aromatic heterocycles. The number of ether oxygens (including phenoxy) is 3. The molecule has 1 N–H and O–H groups in total. The fourth-order valence-corrected chi connectivity index (χ4v) is 5.86. The van der Waals surface area contributed by atoms with Crippen molar-refractivity contribution in [3.05, 3.63) is 57.9 Å². The number of cyclic esters (lactones) is 1. The van der Waals surface area contributed by atoms with Crippen molar-refractivity contribution in [1.29, 1.82) is 0 Å². The number of nitrogens with one attached hydrogen (secondary N) is 1. The first kappa shape index (κ1) is 30.0. The second-order valence-corrected chi connectivity index (χ2v) is 11.0. The molecular weight excluding hydrogens is 594 g/mol. The van der Waals surface area contributed by atoms with Gasteiger partial charge in [0, 0.05) is 46.3 Å². The fraction of sp³-hybridized carbons (Fsp3) is 0.400. The summed E-state index contributed by atoms with van der Waals surface area (Å²) in [6.07, 6.45) is 0.214. The molecule has 2 fully saturated rings. The third kappa shape index (κ3) is 5.42. The number of benzene rings is 2. The van der Waals surface area contributed by atoms with Crippen molar-refractivity contribution < 1.29 is 37.4 Å². The average molecular weight is 627 g/mol. The number of esters is 1. The van der Waals surface area contributed by atoms with Crippen LogP contribution in [-0.4, -0.2) is 88.4 Å². The van der Waals surface area contributed by atoms with Crippen molar-refractivity contribution in [2.45, 2.75) is 20.0 Å². The van der Waals surface area contributed by atoms with Gasteiger partial charge in [0.15, 0.2) is 18.3 Å².